The van der Waals surface area contributed by atoms with Crippen LogP contribution in [-0.4, -0.2) is 5.71 Å². The molecule has 1 heteroatoms. The van der Waals surface area contributed by atoms with E-state index in [4.69, 9.17) is 0 Å². The van der Waals surface area contributed by atoms with Gasteiger partial charge in [0.05, 0.1) is 0 Å². The van der Waals surface area contributed by atoms with Gasteiger partial charge in [0.15, 0.2) is 0 Å². The summed E-state index contributed by atoms with van der Waals surface area (Å²) in [6.07, 6.45) is 5.31. The maximum atomic E-state index is 4.67. The second kappa shape index (κ2) is 6.78. The molecule has 0 heterocycles. The summed E-state index contributed by atoms with van der Waals surface area (Å²) >= 11 is 0. The Kier molecular flexibility index (Phi) is 6.44. The third kappa shape index (κ3) is 6.45. The highest BCUT2D eigenvalue weighted by molar-refractivity contribution is 5.99. The molecule has 0 aliphatic carbocycles. The molecule has 0 aromatic carbocycles. The molecule has 0 aliphatic heterocycles. The minimum Gasteiger partial charge on any atom is -0.261 e. The summed E-state index contributed by atoms with van der Waals surface area (Å²) in [6, 6.07) is 0. The number of nitrogens with zero attached hydrogens (tertiary/aromatic N) is 1. The Hall–Kier alpha value is -0.850. The normalized spacial score (nSPS) is 15.7. The van der Waals surface area contributed by atoms with Crippen molar-refractivity contribution in [2.45, 2.75) is 61.8 Å². The fraction of sp³-hybridized carbons (Fsp3) is 0.688. The summed E-state index contributed by atoms with van der Waals surface area (Å²) in [4.78, 5) is 4.67. The lowest BCUT2D eigenvalue weighted by molar-refractivity contribution is 0.592. The standard InChI is InChI=1S/C16H29N/c1-9-13(4)11-17-15(16(6,7)8)10-14(5)12(2)3/h10-12H,9H2,1-8H3/b13-11+,14-10+,17-15-. The first-order valence-electron chi connectivity index (χ1n) is 6.60. The van der Waals surface area contributed by atoms with E-state index in [-0.39, 0.29) is 5.41 Å². The molecule has 0 aromatic heterocycles. The highest BCUT2D eigenvalue weighted by Gasteiger charge is 2.17. The zero-order valence-corrected chi connectivity index (χ0v) is 12.9. The fourth-order valence-electron chi connectivity index (χ4n) is 1.10. The average molecular weight is 235 g/mol. The summed E-state index contributed by atoms with van der Waals surface area (Å²) in [5.41, 5.74) is 3.97. The number of rotatable bonds is 4. The first kappa shape index (κ1) is 16.1. The van der Waals surface area contributed by atoms with Gasteiger partial charge in [0.2, 0.25) is 0 Å². The van der Waals surface area contributed by atoms with Crippen LogP contribution in [0.3, 0.4) is 0 Å². The van der Waals surface area contributed by atoms with Crippen LogP contribution in [0.5, 0.6) is 0 Å². The molecular weight excluding hydrogens is 206 g/mol. The summed E-state index contributed by atoms with van der Waals surface area (Å²) in [6.45, 7) is 17.6. The Labute approximate surface area is 108 Å². The summed E-state index contributed by atoms with van der Waals surface area (Å²) < 4.78 is 0. The highest BCUT2D eigenvalue weighted by atomic mass is 14.7. The molecule has 0 unspecified atom stereocenters. The fourth-order valence-corrected chi connectivity index (χ4v) is 1.10. The van der Waals surface area contributed by atoms with E-state index in [0.29, 0.717) is 5.92 Å². The second-order valence-electron chi connectivity index (χ2n) is 6.14. The minimum absolute atomic E-state index is 0.0979. The van der Waals surface area contributed by atoms with Crippen LogP contribution in [0, 0.1) is 11.3 Å². The summed E-state index contributed by atoms with van der Waals surface area (Å²) in [5, 5.41) is 0. The Morgan fingerprint density at radius 1 is 1.18 bits per heavy atom. The Morgan fingerprint density at radius 2 is 1.71 bits per heavy atom. The smallest absolute Gasteiger partial charge is 0.0456 e. The van der Waals surface area contributed by atoms with Crippen LogP contribution in [0.1, 0.15) is 61.8 Å². The lowest BCUT2D eigenvalue weighted by atomic mass is 9.87. The Morgan fingerprint density at radius 3 is 2.06 bits per heavy atom. The van der Waals surface area contributed by atoms with Crippen LogP contribution in [0.4, 0.5) is 0 Å². The van der Waals surface area contributed by atoms with Crippen molar-refractivity contribution in [2.24, 2.45) is 16.3 Å². The van der Waals surface area contributed by atoms with Gasteiger partial charge in [-0.15, -0.1) is 0 Å². The van der Waals surface area contributed by atoms with Crippen molar-refractivity contribution in [1.82, 2.24) is 0 Å². The van der Waals surface area contributed by atoms with E-state index in [1.165, 1.54) is 11.1 Å². The van der Waals surface area contributed by atoms with E-state index in [1.54, 1.807) is 0 Å². The van der Waals surface area contributed by atoms with Gasteiger partial charge in [-0.3, -0.25) is 4.99 Å². The molecule has 0 saturated heterocycles. The largest absolute Gasteiger partial charge is 0.261 e. The predicted molar refractivity (Wildman–Crippen MR) is 79.5 cm³/mol. The molecule has 0 N–H and O–H groups in total. The van der Waals surface area contributed by atoms with Crippen molar-refractivity contribution in [3.8, 4) is 0 Å². The van der Waals surface area contributed by atoms with Gasteiger partial charge in [0, 0.05) is 17.3 Å². The molecule has 0 bridgehead atoms. The molecule has 0 saturated carbocycles. The van der Waals surface area contributed by atoms with Gasteiger partial charge in [0.25, 0.3) is 0 Å². The van der Waals surface area contributed by atoms with Crippen molar-refractivity contribution >= 4 is 5.71 Å². The quantitative estimate of drug-likeness (QED) is 0.579. The van der Waals surface area contributed by atoms with Crippen molar-refractivity contribution < 1.29 is 0 Å². The van der Waals surface area contributed by atoms with E-state index >= 15 is 0 Å². The highest BCUT2D eigenvalue weighted by Crippen LogP contribution is 2.20. The minimum atomic E-state index is 0.0979. The van der Waals surface area contributed by atoms with Gasteiger partial charge >= 0.3 is 0 Å². The predicted octanol–water partition coefficient (Wildman–Crippen LogP) is 5.39. The lowest BCUT2D eigenvalue weighted by Crippen LogP contribution is -2.18. The molecule has 0 spiro atoms. The van der Waals surface area contributed by atoms with E-state index in [9.17, 15) is 0 Å². The lowest BCUT2D eigenvalue weighted by Gasteiger charge is -2.20. The topological polar surface area (TPSA) is 12.4 Å². The van der Waals surface area contributed by atoms with Crippen LogP contribution in [-0.2, 0) is 0 Å². The van der Waals surface area contributed by atoms with Crippen LogP contribution in [0.2, 0.25) is 0 Å². The monoisotopic (exact) mass is 235 g/mol. The molecule has 98 valence electrons. The van der Waals surface area contributed by atoms with E-state index < -0.39 is 0 Å². The SMILES string of the molecule is CC/C(C)=C/N=C(/C=C(\C)C(C)C)C(C)(C)C. The van der Waals surface area contributed by atoms with Crippen molar-refractivity contribution in [3.63, 3.8) is 0 Å². The van der Waals surface area contributed by atoms with E-state index in [1.807, 2.05) is 6.20 Å². The number of hydrogen-bond acceptors (Lipinski definition) is 1. The Bertz CT molecular complexity index is 322. The van der Waals surface area contributed by atoms with Crippen LogP contribution in [0.15, 0.2) is 28.4 Å². The average Bonchev–Trinajstić information content (AvgIpc) is 2.21. The third-order valence-electron chi connectivity index (χ3n) is 3.03. The first-order chi connectivity index (χ1) is 7.68. The molecule has 0 fully saturated rings. The molecule has 0 atom stereocenters. The van der Waals surface area contributed by atoms with Crippen molar-refractivity contribution in [1.29, 1.82) is 0 Å². The van der Waals surface area contributed by atoms with Gasteiger partial charge in [-0.2, -0.15) is 0 Å². The zero-order valence-electron chi connectivity index (χ0n) is 12.9. The second-order valence-corrected chi connectivity index (χ2v) is 6.14. The van der Waals surface area contributed by atoms with Crippen LogP contribution >= 0.6 is 0 Å². The summed E-state index contributed by atoms with van der Waals surface area (Å²) in [5.74, 6) is 0.582. The molecule has 0 aliphatic rings. The van der Waals surface area contributed by atoms with Crippen LogP contribution in [0.25, 0.3) is 0 Å². The van der Waals surface area contributed by atoms with E-state index in [0.717, 1.165) is 12.1 Å². The molecule has 0 radical (unpaired) electrons. The van der Waals surface area contributed by atoms with E-state index in [2.05, 4.69) is 66.5 Å². The number of hydrogen-bond donors (Lipinski definition) is 0. The van der Waals surface area contributed by atoms with Gasteiger partial charge in [0.1, 0.15) is 0 Å². The molecule has 17 heavy (non-hydrogen) atoms. The molecular formula is C16H29N. The zero-order chi connectivity index (χ0) is 13.6. The van der Waals surface area contributed by atoms with Gasteiger partial charge in [-0.1, -0.05) is 52.7 Å². The van der Waals surface area contributed by atoms with Crippen LogP contribution < -0.4 is 0 Å². The number of aliphatic imine (C=N–C) groups is 1. The van der Waals surface area contributed by atoms with Gasteiger partial charge < -0.3 is 0 Å². The number of allylic oxidation sites excluding steroid dienone is 3. The van der Waals surface area contributed by atoms with Gasteiger partial charge in [-0.25, -0.2) is 0 Å². The summed E-state index contributed by atoms with van der Waals surface area (Å²) in [7, 11) is 0. The third-order valence-corrected chi connectivity index (χ3v) is 3.03. The first-order valence-corrected chi connectivity index (χ1v) is 6.60. The van der Waals surface area contributed by atoms with Crippen molar-refractivity contribution in [2.75, 3.05) is 0 Å². The van der Waals surface area contributed by atoms with Gasteiger partial charge in [-0.05, 0) is 32.3 Å². The molecule has 0 aromatic rings. The van der Waals surface area contributed by atoms with Crippen molar-refractivity contribution in [3.05, 3.63) is 23.4 Å². The maximum Gasteiger partial charge on any atom is 0.0456 e. The molecule has 1 nitrogen and oxygen atoms in total. The Balaban J connectivity index is 5.25. The maximum absolute atomic E-state index is 4.67. The molecule has 0 rings (SSSR count). The molecule has 0 amide bonds.